The Balaban J connectivity index is -0.000000385. The van der Waals surface area contributed by atoms with Crippen LogP contribution in [-0.4, -0.2) is 88.8 Å². The summed E-state index contributed by atoms with van der Waals surface area (Å²) in [4.78, 5) is 153. The Labute approximate surface area is 691 Å². The Bertz CT molecular complexity index is 4640. The number of nitrogens with zero attached hydrogens (tertiary/aromatic N) is 10. The second kappa shape index (κ2) is 45.3. The first-order chi connectivity index (χ1) is 45.3. The number of imidazole rings is 1. The summed E-state index contributed by atoms with van der Waals surface area (Å²) >= 11 is 14.8. The molecule has 3 aliphatic heterocycles. The molecule has 1 fully saturated rings. The third kappa shape index (κ3) is 24.3. The minimum Gasteiger partial charge on any atom is -0.693 e. The molecule has 8 amide bonds. The topological polar surface area (TPSA) is 486 Å². The van der Waals surface area contributed by atoms with Gasteiger partial charge in [-0.2, -0.15) is 4.99 Å². The molecule has 32 nitrogen and oxygen atoms in total. The van der Waals surface area contributed by atoms with E-state index in [4.69, 9.17) is 40.5 Å². The number of fused-ring (bicyclic) bond motifs is 3. The molecule has 570 valence electrons. The van der Waals surface area contributed by atoms with Crippen LogP contribution in [0.5, 0.6) is 0 Å². The van der Waals surface area contributed by atoms with E-state index >= 15 is 0 Å². The summed E-state index contributed by atoms with van der Waals surface area (Å²) in [6, 6.07) is -2.78. The Kier molecular flexibility index (Phi) is 45.9. The number of alkyl halides is 2. The van der Waals surface area contributed by atoms with Gasteiger partial charge in [-0.25, -0.2) is 4.79 Å². The fourth-order valence-corrected chi connectivity index (χ4v) is 10.5. The number of hydrogen-bond donors (Lipinski definition) is 3. The van der Waals surface area contributed by atoms with Crippen molar-refractivity contribution in [1.82, 2.24) is 14.5 Å². The van der Waals surface area contributed by atoms with E-state index in [0.29, 0.717) is 50.2 Å². The van der Waals surface area contributed by atoms with E-state index in [2.05, 4.69) is 43.2 Å². The Morgan fingerprint density at radius 1 is 0.562 bits per heavy atom. The van der Waals surface area contributed by atoms with E-state index in [1.54, 1.807) is 89.3 Å². The molecule has 0 aromatic heterocycles. The second-order valence-corrected chi connectivity index (χ2v) is 23.3. The number of carbonyl (C=O) groups excluding carboxylic acids is 7. The van der Waals surface area contributed by atoms with Gasteiger partial charge in [-0.3, -0.25) is 78.8 Å². The van der Waals surface area contributed by atoms with Crippen LogP contribution in [0, 0.1) is 179 Å². The van der Waals surface area contributed by atoms with Crippen LogP contribution in [0.2, 0.25) is 0 Å². The first-order valence-electron chi connectivity index (χ1n) is 29.0. The number of carbonyl (C=O) groups is 6. The number of aromatic nitrogens is 3. The predicted molar refractivity (Wildman–Crippen MR) is 386 cm³/mol. The van der Waals surface area contributed by atoms with Crippen molar-refractivity contribution in [2.24, 2.45) is 4.99 Å². The van der Waals surface area contributed by atoms with E-state index in [0.717, 1.165) is 77.1 Å². The molecule has 0 bridgehead atoms. The van der Waals surface area contributed by atoms with Crippen molar-refractivity contribution in [3.05, 3.63) is 201 Å². The van der Waals surface area contributed by atoms with Crippen LogP contribution >= 0.6 is 34.8 Å². The van der Waals surface area contributed by atoms with Gasteiger partial charge in [0.2, 0.25) is 11.3 Å². The van der Waals surface area contributed by atoms with Crippen LogP contribution < -0.4 is 31.8 Å². The first-order valence-corrected chi connectivity index (χ1v) is 30.5. The number of aryl methyl sites for hydroxylation is 2. The third-order valence-corrected chi connectivity index (χ3v) is 18.2. The molecule has 0 atom stereocenters. The zero-order valence-electron chi connectivity index (χ0n) is 59.9. The minimum atomic E-state index is -1.06. The maximum Gasteiger partial charge on any atom is 0.299 e. The normalized spacial score (nSPS) is 10.4. The molecular formula is C65H77Cl3N15O17W5-5. The van der Waals surface area contributed by atoms with Crippen molar-refractivity contribution in [2.45, 2.75) is 146 Å². The summed E-state index contributed by atoms with van der Waals surface area (Å²) < 4.78 is 1.41. The summed E-state index contributed by atoms with van der Waals surface area (Å²) in [6.45, 7) is 35.6. The molecule has 0 aliphatic carbocycles. The molecule has 3 aliphatic rings. The van der Waals surface area contributed by atoms with Crippen molar-refractivity contribution in [3.8, 4) is 5.69 Å². The number of hydrogen-bond acceptors (Lipinski definition) is 18. The number of anilines is 3. The fraction of sp³-hybridized carbons (Fsp3) is 0.369. The molecule has 0 unspecified atom stereocenters. The number of H-pyrrole nitrogens is 1. The van der Waals surface area contributed by atoms with Gasteiger partial charge in [0.25, 0.3) is 22.7 Å². The van der Waals surface area contributed by atoms with Crippen LogP contribution in [-0.2, 0) is 125 Å². The van der Waals surface area contributed by atoms with E-state index in [9.17, 15) is 83.6 Å². The van der Waals surface area contributed by atoms with Crippen molar-refractivity contribution in [3.63, 3.8) is 0 Å². The molecule has 0 saturated carbocycles. The van der Waals surface area contributed by atoms with Crippen molar-refractivity contribution in [1.29, 1.82) is 0 Å². The maximum absolute atomic E-state index is 11.9. The number of benzene rings is 5. The minimum absolute atomic E-state index is 0. The van der Waals surface area contributed by atoms with E-state index in [-0.39, 0.29) is 177 Å². The number of nitrogens with two attached hydrogens (primary N) is 1. The number of aromatic amines is 1. The summed E-state index contributed by atoms with van der Waals surface area (Å²) in [6.07, 6.45) is 2.92. The summed E-state index contributed by atoms with van der Waals surface area (Å²) in [5, 5.41) is 55.1. The van der Waals surface area contributed by atoms with Gasteiger partial charge < -0.3 is 52.6 Å². The average molecular weight is 2370 g/mol. The monoisotopic (exact) mass is 2360 g/mol. The van der Waals surface area contributed by atoms with Crippen LogP contribution in [0.4, 0.5) is 59.9 Å². The van der Waals surface area contributed by atoms with Gasteiger partial charge in [0.15, 0.2) is 40.9 Å². The molecule has 5 aromatic rings. The number of nitro benzene ring substituents is 4. The van der Waals surface area contributed by atoms with Crippen LogP contribution in [0.3, 0.4) is 0 Å². The Morgan fingerprint density at radius 3 is 1.30 bits per heavy atom. The molecule has 105 heavy (non-hydrogen) atoms. The van der Waals surface area contributed by atoms with Gasteiger partial charge in [0, 0.05) is 169 Å². The van der Waals surface area contributed by atoms with Gasteiger partial charge in [-0.1, -0.05) is 7.43 Å². The number of aliphatic imine (C=N–C) groups is 1. The summed E-state index contributed by atoms with van der Waals surface area (Å²) in [5.41, 5.74) is 23.3. The smallest absolute Gasteiger partial charge is 0.299 e. The molecule has 1 saturated heterocycles. The fourth-order valence-electron chi connectivity index (χ4n) is 10.4. The molecule has 0 spiro atoms. The van der Waals surface area contributed by atoms with Gasteiger partial charge in [-0.05, 0) is 245 Å². The second-order valence-electron chi connectivity index (χ2n) is 22.4. The molecule has 3 heterocycles. The van der Waals surface area contributed by atoms with Crippen LogP contribution in [0.25, 0.3) is 39.2 Å². The van der Waals surface area contributed by atoms with Crippen LogP contribution in [0.15, 0.2) is 20.8 Å². The molecule has 5 aromatic carbocycles. The predicted octanol–water partition coefficient (Wildman–Crippen LogP) is 16.0. The quantitative estimate of drug-likeness (QED) is 0.0218. The standard InChI is InChI=1S/C14H15N3O2.C13H16ClN3O4.C13H15N3O4.C11H15N3O3.C11H12N2O3.C2H2Cl2O.CH4.H2N.5W/c1-6-7(2)9(4)12-11(8(6)3)15-5-10-13(18)16-14(19)17(10)12;1-6-7(2)9(4)12(17(20)21)11(8(6)3)16-13(19)15-10(18)5-14;1-6-7(2)9(4)12(16(19)20)11(8(6)3)15-5-10(17)14-13(15)18;1-5-6(2)8(4)10(14(16)17)9(7(5)3)13-11(12)15;1-6-7(2)9(4)11(13(15)16)10(8(6)3)12-5-14;3-1-2(4)5;;;;;;;/h5H,1-4H3,(H2,15,16,18,19);5H2,1-4H3,(H2,15,16,18,19);5H2,1-4H3,(H,14,17,18);1-4H3,(H3,12,13,15);1-4H3;1H2;1H4;1H2;;;;;/q;;;;;;;-1;;;;;/p-4. The largest absolute Gasteiger partial charge is 0.693 e. The molecule has 6 N–H and O–H groups in total. The van der Waals surface area contributed by atoms with E-state index in [1.807, 2.05) is 48.5 Å². The Morgan fingerprint density at radius 2 is 0.924 bits per heavy atom. The number of nitro groups is 4. The SMILES string of the molecule is C.Cc1c(C)c(C)c([N+](=O)[O-])c(N2CC(=O)[N-]C2=O)c1C.Cc1c(C)c(C)c([N+](=O)[O-])c(N=C=O)c1C.Cc1c(C)c(C)c([N+](=O)[O-])c(NC(=O)[N-]C(=O)CCl)c1C.Cc1c(C)c(C)c([N+](=O)[O-])c(NC([NH-])=O)c1C.Cc1c(C)c(C)c2c([nH]cc3c(=O)[n-]c(=O)n2-3)c1C.O=C(Cl)CCl.[NH2-].[W].[W].[W].[W].[W]. The number of halogens is 3. The maximum atomic E-state index is 11.9. The van der Waals surface area contributed by atoms with Crippen LogP contribution in [0.1, 0.15) is 119 Å². The number of urea groups is 3. The van der Waals surface area contributed by atoms with Crippen molar-refractivity contribution in [2.75, 3.05) is 33.8 Å². The van der Waals surface area contributed by atoms with Gasteiger partial charge in [0.1, 0.15) is 5.91 Å². The van der Waals surface area contributed by atoms with E-state index in [1.165, 1.54) is 16.2 Å². The zero-order chi connectivity index (χ0) is 75.5. The number of imide groups is 2. The van der Waals surface area contributed by atoms with Gasteiger partial charge >= 0.3 is 0 Å². The number of rotatable bonds is 10. The molecular weight excluding hydrogens is 2290 g/mol. The zero-order valence-corrected chi connectivity index (χ0v) is 76.8. The third-order valence-electron chi connectivity index (χ3n) is 17.5. The molecule has 8 rings (SSSR count). The first kappa shape index (κ1) is 106. The van der Waals surface area contributed by atoms with Gasteiger partial charge in [0.05, 0.1) is 31.5 Å². The molecule has 40 heteroatoms. The number of nitrogens with one attached hydrogen (secondary N) is 4. The number of amides is 8. The van der Waals surface area contributed by atoms with Gasteiger partial charge in [-0.15, -0.1) is 23.2 Å². The summed E-state index contributed by atoms with van der Waals surface area (Å²) in [7, 11) is 0. The molecule has 0 radical (unpaired) electrons. The van der Waals surface area contributed by atoms with Crippen molar-refractivity contribution >= 4 is 133 Å². The Hall–Kier alpha value is -7.35. The number of isocyanates is 1. The van der Waals surface area contributed by atoms with E-state index < -0.39 is 72.0 Å². The summed E-state index contributed by atoms with van der Waals surface area (Å²) in [5.74, 6) is -1.92. The average Bonchev–Trinajstić information content (AvgIpc) is 1.81. The van der Waals surface area contributed by atoms with Crippen molar-refractivity contribution < 1.29 is 159 Å².